The third-order valence-corrected chi connectivity index (χ3v) is 3.22. The molecule has 0 radical (unpaired) electrons. The smallest absolute Gasteiger partial charge is 0.340 e. The Morgan fingerprint density at radius 3 is 2.17 bits per heavy atom. The molecule has 100 valence electrons. The van der Waals surface area contributed by atoms with Crippen molar-refractivity contribution < 1.29 is 14.3 Å². The zero-order valence-corrected chi connectivity index (χ0v) is 11.9. The quantitative estimate of drug-likeness (QED) is 0.470. The van der Waals surface area contributed by atoms with E-state index in [1.54, 1.807) is 6.92 Å². The second kappa shape index (κ2) is 6.05. The fourth-order valence-corrected chi connectivity index (χ4v) is 2.35. The zero-order valence-electron chi connectivity index (χ0n) is 11.2. The van der Waals surface area contributed by atoms with Gasteiger partial charge in [-0.2, -0.15) is 0 Å². The Labute approximate surface area is 112 Å². The molecule has 0 bridgehead atoms. The first-order chi connectivity index (χ1) is 8.49. The van der Waals surface area contributed by atoms with E-state index in [2.05, 4.69) is 0 Å². The molecular weight excluding hydrogens is 254 g/mol. The Bertz CT molecular complexity index is 477. The third-order valence-electron chi connectivity index (χ3n) is 2.98. The van der Waals surface area contributed by atoms with Crippen molar-refractivity contribution in [2.24, 2.45) is 0 Å². The molecule has 0 saturated carbocycles. The van der Waals surface area contributed by atoms with Gasteiger partial charge in [0.05, 0.1) is 23.6 Å². The largest absolute Gasteiger partial charge is 0.462 e. The summed E-state index contributed by atoms with van der Waals surface area (Å²) in [6.45, 7) is 8.30. The highest BCUT2D eigenvalue weighted by molar-refractivity contribution is 6.31. The summed E-state index contributed by atoms with van der Waals surface area (Å²) in [5.74, 6) is -0.841. The second-order valence-corrected chi connectivity index (χ2v) is 4.21. The number of hydrogen-bond acceptors (Lipinski definition) is 3. The summed E-state index contributed by atoms with van der Waals surface area (Å²) in [6.07, 6.45) is 0. The van der Waals surface area contributed by atoms with Crippen molar-refractivity contribution >= 4 is 23.4 Å². The van der Waals surface area contributed by atoms with E-state index >= 15 is 0 Å². The summed E-state index contributed by atoms with van der Waals surface area (Å²) in [6, 6.07) is 0. The van der Waals surface area contributed by atoms with Crippen molar-refractivity contribution in [1.82, 2.24) is 4.57 Å². The third kappa shape index (κ3) is 2.43. The van der Waals surface area contributed by atoms with Gasteiger partial charge in [-0.15, -0.1) is 11.6 Å². The number of aromatic nitrogens is 1. The summed E-state index contributed by atoms with van der Waals surface area (Å²) in [5.41, 5.74) is 2.26. The van der Waals surface area contributed by atoms with Crippen molar-refractivity contribution in [3.8, 4) is 0 Å². The summed E-state index contributed by atoms with van der Waals surface area (Å²) in [5, 5.41) is 0. The lowest BCUT2D eigenvalue weighted by molar-refractivity contribution is 0.0522. The first-order valence-electron chi connectivity index (χ1n) is 5.95. The molecule has 1 aromatic rings. The topological polar surface area (TPSA) is 48.3 Å². The van der Waals surface area contributed by atoms with Gasteiger partial charge in [0.2, 0.25) is 0 Å². The van der Waals surface area contributed by atoms with Crippen LogP contribution in [-0.2, 0) is 11.3 Å². The van der Waals surface area contributed by atoms with Crippen LogP contribution in [0.25, 0.3) is 0 Å². The first-order valence-corrected chi connectivity index (χ1v) is 6.48. The number of ketones is 1. The monoisotopic (exact) mass is 271 g/mol. The van der Waals surface area contributed by atoms with Crippen LogP contribution in [0.2, 0.25) is 0 Å². The Balaban J connectivity index is 3.46. The maximum atomic E-state index is 12.0. The van der Waals surface area contributed by atoms with Crippen LogP contribution in [-0.4, -0.2) is 28.8 Å². The number of hydrogen-bond donors (Lipinski definition) is 0. The van der Waals surface area contributed by atoms with Crippen LogP contribution in [0, 0.1) is 13.8 Å². The van der Waals surface area contributed by atoms with E-state index in [1.807, 2.05) is 25.3 Å². The van der Waals surface area contributed by atoms with Crippen LogP contribution in [0.4, 0.5) is 0 Å². The van der Waals surface area contributed by atoms with Gasteiger partial charge in [0, 0.05) is 17.9 Å². The molecule has 0 unspecified atom stereocenters. The fourth-order valence-electron chi connectivity index (χ4n) is 2.22. The molecule has 0 fully saturated rings. The lowest BCUT2D eigenvalue weighted by atomic mass is 10.1. The summed E-state index contributed by atoms with van der Waals surface area (Å²) < 4.78 is 6.93. The van der Waals surface area contributed by atoms with E-state index in [1.165, 1.54) is 0 Å². The van der Waals surface area contributed by atoms with E-state index in [9.17, 15) is 9.59 Å². The predicted molar refractivity (Wildman–Crippen MR) is 70.6 cm³/mol. The average molecular weight is 272 g/mol. The van der Waals surface area contributed by atoms with Crippen LogP contribution in [0.5, 0.6) is 0 Å². The molecule has 0 atom stereocenters. The molecule has 5 heteroatoms. The number of nitrogens with zero attached hydrogens (tertiary/aromatic N) is 1. The van der Waals surface area contributed by atoms with Crippen molar-refractivity contribution in [2.45, 2.75) is 34.2 Å². The van der Waals surface area contributed by atoms with Gasteiger partial charge in [-0.25, -0.2) is 4.79 Å². The molecule has 1 heterocycles. The van der Waals surface area contributed by atoms with Crippen LogP contribution in [0.3, 0.4) is 0 Å². The van der Waals surface area contributed by atoms with Crippen molar-refractivity contribution in [2.75, 3.05) is 12.5 Å². The molecular formula is C13H18ClNO3. The molecule has 0 N–H and O–H groups in total. The molecule has 0 aromatic carbocycles. The van der Waals surface area contributed by atoms with E-state index in [0.717, 1.165) is 11.4 Å². The molecule has 1 aromatic heterocycles. The highest BCUT2D eigenvalue weighted by Crippen LogP contribution is 2.24. The Kier molecular flexibility index (Phi) is 4.96. The summed E-state index contributed by atoms with van der Waals surface area (Å²) >= 11 is 5.61. The summed E-state index contributed by atoms with van der Waals surface area (Å²) in [7, 11) is 0. The van der Waals surface area contributed by atoms with Crippen LogP contribution in [0.15, 0.2) is 0 Å². The van der Waals surface area contributed by atoms with Gasteiger partial charge < -0.3 is 9.30 Å². The molecule has 4 nitrogen and oxygen atoms in total. The van der Waals surface area contributed by atoms with E-state index in [0.29, 0.717) is 17.7 Å². The summed E-state index contributed by atoms with van der Waals surface area (Å²) in [4.78, 5) is 23.8. The van der Waals surface area contributed by atoms with Gasteiger partial charge in [0.15, 0.2) is 5.78 Å². The minimum absolute atomic E-state index is 0.138. The highest BCUT2D eigenvalue weighted by Gasteiger charge is 2.27. The number of esters is 1. The molecule has 0 aliphatic heterocycles. The van der Waals surface area contributed by atoms with Gasteiger partial charge in [0.25, 0.3) is 0 Å². The highest BCUT2D eigenvalue weighted by atomic mass is 35.5. The van der Waals surface area contributed by atoms with Crippen molar-refractivity contribution in [3.05, 3.63) is 22.5 Å². The maximum absolute atomic E-state index is 12.0. The number of halogens is 1. The number of rotatable bonds is 5. The van der Waals surface area contributed by atoms with E-state index < -0.39 is 5.97 Å². The Morgan fingerprint density at radius 1 is 1.17 bits per heavy atom. The van der Waals surface area contributed by atoms with Gasteiger partial charge in [-0.05, 0) is 27.7 Å². The molecule has 18 heavy (non-hydrogen) atoms. The zero-order chi connectivity index (χ0) is 13.9. The molecule has 0 amide bonds. The Morgan fingerprint density at radius 2 is 1.72 bits per heavy atom. The molecule has 0 aliphatic rings. The number of ether oxygens (including phenoxy) is 1. The number of carbonyl (C=O) groups is 2. The van der Waals surface area contributed by atoms with Crippen molar-refractivity contribution in [1.29, 1.82) is 0 Å². The van der Waals surface area contributed by atoms with E-state index in [4.69, 9.17) is 16.3 Å². The van der Waals surface area contributed by atoms with Gasteiger partial charge in [0.1, 0.15) is 0 Å². The maximum Gasteiger partial charge on any atom is 0.340 e. The van der Waals surface area contributed by atoms with Gasteiger partial charge in [-0.1, -0.05) is 0 Å². The predicted octanol–water partition coefficient (Wildman–Crippen LogP) is 2.72. The lowest BCUT2D eigenvalue weighted by Crippen LogP contribution is -2.12. The van der Waals surface area contributed by atoms with Crippen LogP contribution >= 0.6 is 11.6 Å². The lowest BCUT2D eigenvalue weighted by Gasteiger charge is -2.05. The standard InChI is InChI=1S/C13H18ClNO3/c1-5-15-8(3)11(10(16)7-14)12(9(15)4)13(17)18-6-2/h5-7H2,1-4H3. The first kappa shape index (κ1) is 14.8. The molecule has 0 saturated heterocycles. The van der Waals surface area contributed by atoms with E-state index in [-0.39, 0.29) is 18.3 Å². The number of alkyl halides is 1. The second-order valence-electron chi connectivity index (χ2n) is 3.94. The SMILES string of the molecule is CCOC(=O)c1c(C(=O)CCl)c(C)n(CC)c1C. The van der Waals surface area contributed by atoms with Crippen LogP contribution in [0.1, 0.15) is 46.0 Å². The molecule has 1 rings (SSSR count). The Hall–Kier alpha value is -1.29. The van der Waals surface area contributed by atoms with Crippen LogP contribution < -0.4 is 0 Å². The van der Waals surface area contributed by atoms with Gasteiger partial charge >= 0.3 is 5.97 Å². The fraction of sp³-hybridized carbons (Fsp3) is 0.538. The van der Waals surface area contributed by atoms with Crippen molar-refractivity contribution in [3.63, 3.8) is 0 Å². The minimum atomic E-state index is -0.459. The average Bonchev–Trinajstić information content (AvgIpc) is 2.60. The number of carbonyl (C=O) groups excluding carboxylic acids is 2. The van der Waals surface area contributed by atoms with Gasteiger partial charge in [-0.3, -0.25) is 4.79 Å². The molecule has 0 spiro atoms. The minimum Gasteiger partial charge on any atom is -0.462 e. The normalized spacial score (nSPS) is 10.5. The molecule has 0 aliphatic carbocycles. The number of Topliss-reactive ketones (excluding diaryl/α,β-unsaturated/α-hetero) is 1.